The van der Waals surface area contributed by atoms with Gasteiger partial charge < -0.3 is 14.7 Å². The number of hydrogen-bond acceptors (Lipinski definition) is 7. The maximum absolute atomic E-state index is 2.61. The third kappa shape index (κ3) is 16.2. The number of anilines is 9. The van der Waals surface area contributed by atoms with Gasteiger partial charge in [0.2, 0.25) is 0 Å². The highest BCUT2D eigenvalue weighted by Crippen LogP contribution is 2.68. The summed E-state index contributed by atoms with van der Waals surface area (Å²) in [6.07, 6.45) is 0. The molecule has 4 aromatic heterocycles. The summed E-state index contributed by atoms with van der Waals surface area (Å²) >= 11 is 7.59. The normalized spacial score (nSPS) is 12.9. The van der Waals surface area contributed by atoms with Crippen molar-refractivity contribution in [2.75, 3.05) is 14.7 Å². The molecule has 26 rings (SSSR count). The van der Waals surface area contributed by atoms with Crippen LogP contribution < -0.4 is 14.7 Å². The van der Waals surface area contributed by atoms with E-state index < -0.39 is 0 Å². The lowest BCUT2D eigenvalue weighted by atomic mass is 9.81. The first-order valence-corrected chi connectivity index (χ1v) is 53.1. The first kappa shape index (κ1) is 88.5. The Hall–Kier alpha value is -17.7. The first-order valence-electron chi connectivity index (χ1n) is 49.8. The van der Waals surface area contributed by atoms with Crippen LogP contribution in [0.2, 0.25) is 0 Å². The minimum atomic E-state index is -0.236. The average Bonchev–Trinajstić information content (AvgIpc) is 1.52. The van der Waals surface area contributed by atoms with E-state index in [0.29, 0.717) is 0 Å². The fourth-order valence-electron chi connectivity index (χ4n) is 22.0. The average molecular weight is 1930 g/mol. The summed E-state index contributed by atoms with van der Waals surface area (Å²) in [6, 6.07) is 209. The quantitative estimate of drug-likeness (QED) is 0.0597. The number of benzene rings is 20. The van der Waals surface area contributed by atoms with Crippen molar-refractivity contribution >= 4 is 182 Å². The number of allylic oxidation sites excluding steroid dienone is 10. The molecule has 4 heterocycles. The Morgan fingerprint density at radius 2 is 0.377 bits per heavy atom. The van der Waals surface area contributed by atoms with Crippen molar-refractivity contribution in [1.29, 1.82) is 0 Å². The summed E-state index contributed by atoms with van der Waals surface area (Å²) in [5.41, 5.74) is 33.1. The zero-order chi connectivity index (χ0) is 96.7. The topological polar surface area (TPSA) is 9.72 Å². The molecule has 3 nitrogen and oxygen atoms in total. The van der Waals surface area contributed by atoms with E-state index in [1.54, 1.807) is 0 Å². The Morgan fingerprint density at radius 3 is 0.678 bits per heavy atom. The van der Waals surface area contributed by atoms with Crippen LogP contribution in [-0.4, -0.2) is 0 Å². The number of hydrogen-bond donors (Lipinski definition) is 0. The van der Waals surface area contributed by atoms with Crippen LogP contribution in [0, 0.1) is 0 Å². The van der Waals surface area contributed by atoms with Gasteiger partial charge >= 0.3 is 0 Å². The van der Waals surface area contributed by atoms with Crippen molar-refractivity contribution in [2.24, 2.45) is 0 Å². The first-order chi connectivity index (χ1) is 72.5. The molecule has 0 bridgehead atoms. The molecule has 0 amide bonds. The van der Waals surface area contributed by atoms with E-state index in [0.717, 1.165) is 218 Å². The Labute approximate surface area is 867 Å². The molecule has 0 saturated heterocycles. The summed E-state index contributed by atoms with van der Waals surface area (Å²) in [4.78, 5) is 13.3. The van der Waals surface area contributed by atoms with Gasteiger partial charge in [0, 0.05) is 103 Å². The molecule has 0 aliphatic heterocycles. The summed E-state index contributed by atoms with van der Waals surface area (Å²) in [5.74, 6) is -0.236. The fourth-order valence-corrected chi connectivity index (χ4v) is 27.2. The van der Waals surface area contributed by atoms with Crippen LogP contribution in [0.3, 0.4) is 0 Å². The molecule has 0 radical (unpaired) electrons. The predicted molar refractivity (Wildman–Crippen MR) is 627 cm³/mol. The second-order valence-corrected chi connectivity index (χ2v) is 41.2. The van der Waals surface area contributed by atoms with Crippen molar-refractivity contribution in [1.82, 2.24) is 0 Å². The number of fused-ring (bicyclic) bond motifs is 4. The molecule has 0 spiro atoms. The van der Waals surface area contributed by atoms with E-state index >= 15 is 0 Å². The summed E-state index contributed by atoms with van der Waals surface area (Å²) in [6.45, 7) is 0. The van der Waals surface area contributed by atoms with Gasteiger partial charge in [0.25, 0.3) is 0 Å². The second-order valence-electron chi connectivity index (χ2n) is 37.0. The van der Waals surface area contributed by atoms with E-state index in [9.17, 15) is 0 Å². The Morgan fingerprint density at radius 1 is 0.158 bits per heavy atom. The van der Waals surface area contributed by atoms with Gasteiger partial charge in [-0.1, -0.05) is 479 Å². The van der Waals surface area contributed by atoms with Gasteiger partial charge in [-0.05, 0) is 200 Å². The van der Waals surface area contributed by atoms with Crippen molar-refractivity contribution < 1.29 is 0 Å². The maximum Gasteiger partial charge on any atom is 0.109 e. The van der Waals surface area contributed by atoms with E-state index in [2.05, 4.69) is 573 Å². The smallest absolute Gasteiger partial charge is 0.109 e. The summed E-state index contributed by atoms with van der Waals surface area (Å²) < 4.78 is 0. The van der Waals surface area contributed by atoms with Crippen LogP contribution in [-0.2, 0) is 0 Å². The lowest BCUT2D eigenvalue weighted by Gasteiger charge is -2.27. The zero-order valence-electron chi connectivity index (χ0n) is 79.7. The molecule has 24 aromatic rings. The number of para-hydroxylation sites is 3. The highest BCUT2D eigenvalue weighted by Gasteiger charge is 2.45. The molecule has 20 aromatic carbocycles. The molecule has 0 fully saturated rings. The molecule has 7 heteroatoms. The van der Waals surface area contributed by atoms with Crippen LogP contribution in [0.25, 0.3) is 132 Å². The fraction of sp³-hybridized carbons (Fsp3) is 0.00719. The molecular formula is C139H93N3S4. The Bertz CT molecular complexity index is 8080. The number of nitrogens with zero attached hydrogens (tertiary/aromatic N) is 3. The zero-order valence-corrected chi connectivity index (χ0v) is 82.9. The van der Waals surface area contributed by atoms with Gasteiger partial charge in [-0.3, -0.25) is 0 Å². The summed E-state index contributed by atoms with van der Waals surface area (Å²) in [5, 5.41) is 12.6. The van der Waals surface area contributed by atoms with Crippen molar-refractivity contribution in [3.63, 3.8) is 0 Å². The number of rotatable bonds is 24. The monoisotopic (exact) mass is 1930 g/mol. The van der Waals surface area contributed by atoms with Gasteiger partial charge in [-0.25, -0.2) is 0 Å². The molecule has 1 atom stereocenters. The third-order valence-electron chi connectivity index (χ3n) is 28.4. The van der Waals surface area contributed by atoms with Gasteiger partial charge in [0.05, 0.1) is 17.1 Å². The lowest BCUT2D eigenvalue weighted by molar-refractivity contribution is 1.02. The summed E-state index contributed by atoms with van der Waals surface area (Å²) in [7, 11) is 0. The Kier molecular flexibility index (Phi) is 23.6. The highest BCUT2D eigenvalue weighted by atomic mass is 32.1. The largest absolute Gasteiger partial charge is 0.301 e. The van der Waals surface area contributed by atoms with Crippen LogP contribution in [0.1, 0.15) is 63.7 Å². The van der Waals surface area contributed by atoms with Gasteiger partial charge in [0.1, 0.15) is 15.0 Å². The predicted octanol–water partition coefficient (Wildman–Crippen LogP) is 39.9. The molecule has 0 saturated carbocycles. The van der Waals surface area contributed by atoms with E-state index in [1.165, 1.54) is 32.3 Å². The molecular weight excluding hydrogens is 1840 g/mol. The SMILES string of the molecule is c1ccc(C2=C(c3cc(-c4ccccc4)c(C(c4ccccc4)c4cccc5ccccc45)s3)C(c3cc(-c4ccccc4)c(N(c4ccccc4)c4cccc5ccccc45)s3)=C(c3ccccc3)C2=C2C(c3ccccc3)=C(c3cc(-c4ccccc4)c(N(c4ccccc4)c4cccc5ccccc45)s3)C(c3cc(-c4ccccc4)c(N(c4ccccc4)c4cccc5ccccc45)s3)=C2c2ccccc2)cc1. The molecule has 2 aliphatic carbocycles. The van der Waals surface area contributed by atoms with E-state index in [-0.39, 0.29) is 5.92 Å². The second kappa shape index (κ2) is 39.0. The van der Waals surface area contributed by atoms with Crippen LogP contribution in [0.15, 0.2) is 569 Å². The van der Waals surface area contributed by atoms with Gasteiger partial charge in [0.15, 0.2) is 0 Å². The minimum Gasteiger partial charge on any atom is -0.301 e. The molecule has 688 valence electrons. The van der Waals surface area contributed by atoms with Gasteiger partial charge in [-0.15, -0.1) is 45.3 Å². The third-order valence-corrected chi connectivity index (χ3v) is 33.1. The van der Waals surface area contributed by atoms with Gasteiger partial charge in [-0.2, -0.15) is 0 Å². The number of thiophene rings is 4. The standard InChI is InChI=1S/C139H93N3S4/c1-13-49-97(50-14-1)114-89-121(143-136(114)125(101-61-21-5-22-62-101)113-85-45-71-93-57-37-41-81-109(93)113)130-126(102-63-23-6-24-64-102)134(127(103-65-25-7-26-66-103)131(130)122-90-115(98-51-15-2-16-52-98)137(144-122)140(106-75-31-10-32-76-106)118-86-46-72-94-58-38-42-82-110(94)118)135-128(104-67-27-8-28-68-104)132(123-91-116(99-53-17-3-18-54-99)138(145-123)141(107-77-33-11-34-78-107)119-87-47-73-95-59-39-43-83-111(95)119)133(129(135)105-69-29-9-30-70-105)124-92-117(100-55-19-4-20-56-100)139(146-124)142(108-79-35-12-36-80-108)120-88-48-74-96-60-40-44-84-112(96)120/h1-92,125H. The molecule has 0 N–H and O–H groups in total. The Balaban J connectivity index is 0.891. The highest BCUT2D eigenvalue weighted by molar-refractivity contribution is 7.20. The van der Waals surface area contributed by atoms with Crippen molar-refractivity contribution in [3.8, 4) is 44.5 Å². The maximum atomic E-state index is 2.61. The van der Waals surface area contributed by atoms with E-state index in [1.807, 2.05) is 45.3 Å². The van der Waals surface area contributed by atoms with Crippen molar-refractivity contribution in [3.05, 3.63) is 627 Å². The lowest BCUT2D eigenvalue weighted by Crippen LogP contribution is -2.09. The molecule has 2 aliphatic rings. The van der Waals surface area contributed by atoms with Crippen LogP contribution >= 0.6 is 45.3 Å². The minimum absolute atomic E-state index is 0.236. The van der Waals surface area contributed by atoms with E-state index in [4.69, 9.17) is 0 Å². The van der Waals surface area contributed by atoms with Crippen molar-refractivity contribution in [2.45, 2.75) is 5.92 Å². The molecule has 146 heavy (non-hydrogen) atoms. The van der Waals surface area contributed by atoms with Crippen LogP contribution in [0.5, 0.6) is 0 Å². The molecule has 1 unspecified atom stereocenters. The van der Waals surface area contributed by atoms with Crippen LogP contribution in [0.4, 0.5) is 49.1 Å².